The minimum absolute atomic E-state index is 0.0208. The van der Waals surface area contributed by atoms with Crippen molar-refractivity contribution in [3.8, 4) is 0 Å². The van der Waals surface area contributed by atoms with Crippen LogP contribution in [0.3, 0.4) is 0 Å². The molecular formula is C16H17ClO3. The number of carbonyl (C=O) groups excluding carboxylic acids is 2. The average molecular weight is 293 g/mol. The third kappa shape index (κ3) is 1.72. The molecule has 4 heteroatoms. The summed E-state index contributed by atoms with van der Waals surface area (Å²) in [7, 11) is 0. The van der Waals surface area contributed by atoms with Crippen molar-refractivity contribution < 1.29 is 14.3 Å². The van der Waals surface area contributed by atoms with E-state index in [2.05, 4.69) is 0 Å². The molecule has 0 N–H and O–H groups in total. The minimum Gasteiger partial charge on any atom is -0.456 e. The molecular weight excluding hydrogens is 276 g/mol. The molecule has 1 aliphatic carbocycles. The first kappa shape index (κ1) is 13.6. The predicted octanol–water partition coefficient (Wildman–Crippen LogP) is 3.70. The third-order valence-corrected chi connectivity index (χ3v) is 4.93. The molecule has 20 heavy (non-hydrogen) atoms. The highest BCUT2D eigenvalue weighted by molar-refractivity contribution is 6.30. The molecule has 2 fully saturated rings. The molecule has 1 unspecified atom stereocenters. The Labute approximate surface area is 123 Å². The number of cyclic esters (lactones) is 1. The van der Waals surface area contributed by atoms with Crippen molar-refractivity contribution in [2.45, 2.75) is 39.2 Å². The van der Waals surface area contributed by atoms with Crippen molar-refractivity contribution in [1.29, 1.82) is 0 Å². The molecule has 1 heterocycles. The molecule has 1 aromatic carbocycles. The molecule has 1 aromatic rings. The number of hydrogen-bond donors (Lipinski definition) is 0. The van der Waals surface area contributed by atoms with Gasteiger partial charge >= 0.3 is 5.97 Å². The predicted molar refractivity (Wildman–Crippen MR) is 75.4 cm³/mol. The van der Waals surface area contributed by atoms with Crippen LogP contribution in [0.4, 0.5) is 0 Å². The number of carbonyl (C=O) groups is 2. The number of rotatable bonds is 1. The summed E-state index contributed by atoms with van der Waals surface area (Å²) >= 11 is 5.90. The molecule has 0 bridgehead atoms. The van der Waals surface area contributed by atoms with E-state index in [9.17, 15) is 9.59 Å². The zero-order valence-corrected chi connectivity index (χ0v) is 12.4. The van der Waals surface area contributed by atoms with Gasteiger partial charge in [-0.25, -0.2) is 0 Å². The van der Waals surface area contributed by atoms with Gasteiger partial charge < -0.3 is 4.74 Å². The molecule has 1 atom stereocenters. The average Bonchev–Trinajstić information content (AvgIpc) is 2.35. The van der Waals surface area contributed by atoms with Gasteiger partial charge in [0, 0.05) is 5.02 Å². The molecule has 2 aliphatic rings. The van der Waals surface area contributed by atoms with Gasteiger partial charge in [0.2, 0.25) is 0 Å². The van der Waals surface area contributed by atoms with Crippen LogP contribution in [0.15, 0.2) is 24.3 Å². The normalized spacial score (nSPS) is 27.1. The lowest BCUT2D eigenvalue weighted by molar-refractivity contribution is -0.197. The fourth-order valence-electron chi connectivity index (χ4n) is 3.27. The first-order chi connectivity index (χ1) is 9.38. The van der Waals surface area contributed by atoms with E-state index in [0.29, 0.717) is 5.02 Å². The van der Waals surface area contributed by atoms with Crippen molar-refractivity contribution in [3.05, 3.63) is 34.9 Å². The molecule has 1 spiro atoms. The van der Waals surface area contributed by atoms with E-state index in [1.165, 1.54) is 0 Å². The van der Waals surface area contributed by atoms with Crippen LogP contribution in [0.2, 0.25) is 5.02 Å². The lowest BCUT2D eigenvalue weighted by Crippen LogP contribution is -2.57. The molecule has 106 valence electrons. The second-order valence-electron chi connectivity index (χ2n) is 6.30. The number of Topliss-reactive ketones (excluding diaryl/α,β-unsaturated/α-hetero) is 1. The van der Waals surface area contributed by atoms with Crippen molar-refractivity contribution in [2.24, 2.45) is 10.8 Å². The molecule has 1 saturated heterocycles. The van der Waals surface area contributed by atoms with Gasteiger partial charge in [0.1, 0.15) is 11.5 Å². The summed E-state index contributed by atoms with van der Waals surface area (Å²) in [6.07, 6.45) is 2.11. The summed E-state index contributed by atoms with van der Waals surface area (Å²) in [5.41, 5.74) is -0.722. The summed E-state index contributed by atoms with van der Waals surface area (Å²) in [4.78, 5) is 24.9. The van der Waals surface area contributed by atoms with E-state index in [-0.39, 0.29) is 5.78 Å². The monoisotopic (exact) mass is 292 g/mol. The standard InChI is InChI=1S/C16H17ClO3/c1-15(2)13(18)16(8-3-9-16)12(20-14(15)19)10-4-6-11(17)7-5-10/h4-7,12H,3,8-9H2,1-2H3. The smallest absolute Gasteiger partial charge is 0.319 e. The maximum Gasteiger partial charge on any atom is 0.319 e. The highest BCUT2D eigenvalue weighted by Gasteiger charge is 2.62. The van der Waals surface area contributed by atoms with Gasteiger partial charge in [-0.15, -0.1) is 0 Å². The van der Waals surface area contributed by atoms with Crippen LogP contribution in [-0.2, 0) is 14.3 Å². The van der Waals surface area contributed by atoms with E-state index in [1.54, 1.807) is 26.0 Å². The summed E-state index contributed by atoms with van der Waals surface area (Å²) in [6, 6.07) is 7.21. The van der Waals surface area contributed by atoms with Crippen molar-refractivity contribution in [1.82, 2.24) is 0 Å². The van der Waals surface area contributed by atoms with E-state index < -0.39 is 22.9 Å². The minimum atomic E-state index is -1.04. The topological polar surface area (TPSA) is 43.4 Å². The van der Waals surface area contributed by atoms with Gasteiger partial charge in [-0.05, 0) is 44.4 Å². The number of halogens is 1. The van der Waals surface area contributed by atoms with Crippen molar-refractivity contribution in [2.75, 3.05) is 0 Å². The molecule has 1 aliphatic heterocycles. The zero-order chi connectivity index (χ0) is 14.5. The molecule has 3 nitrogen and oxygen atoms in total. The van der Waals surface area contributed by atoms with Crippen LogP contribution in [0.5, 0.6) is 0 Å². The Kier molecular flexibility index (Phi) is 2.94. The molecule has 0 amide bonds. The number of benzene rings is 1. The van der Waals surface area contributed by atoms with Crippen LogP contribution >= 0.6 is 11.6 Å². The maximum atomic E-state index is 12.8. The Balaban J connectivity index is 2.04. The van der Waals surface area contributed by atoms with Crippen molar-refractivity contribution in [3.63, 3.8) is 0 Å². The Morgan fingerprint density at radius 1 is 1.15 bits per heavy atom. The van der Waals surface area contributed by atoms with Crippen LogP contribution in [0, 0.1) is 10.8 Å². The lowest BCUT2D eigenvalue weighted by atomic mass is 9.55. The number of hydrogen-bond acceptors (Lipinski definition) is 3. The number of esters is 1. The van der Waals surface area contributed by atoms with Crippen molar-refractivity contribution >= 4 is 23.4 Å². The molecule has 0 aromatic heterocycles. The lowest BCUT2D eigenvalue weighted by Gasteiger charge is -2.52. The SMILES string of the molecule is CC1(C)C(=O)OC(c2ccc(Cl)cc2)C2(CCC2)C1=O. The summed E-state index contributed by atoms with van der Waals surface area (Å²) < 4.78 is 5.65. The Morgan fingerprint density at radius 3 is 2.25 bits per heavy atom. The largest absolute Gasteiger partial charge is 0.456 e. The quantitative estimate of drug-likeness (QED) is 0.585. The van der Waals surface area contributed by atoms with Gasteiger partial charge in [-0.1, -0.05) is 30.2 Å². The van der Waals surface area contributed by atoms with E-state index in [0.717, 1.165) is 24.8 Å². The third-order valence-electron chi connectivity index (χ3n) is 4.68. The molecule has 1 saturated carbocycles. The van der Waals surface area contributed by atoms with Gasteiger partial charge in [0.25, 0.3) is 0 Å². The second-order valence-corrected chi connectivity index (χ2v) is 6.74. The zero-order valence-electron chi connectivity index (χ0n) is 11.6. The Hall–Kier alpha value is -1.35. The Morgan fingerprint density at radius 2 is 1.75 bits per heavy atom. The van der Waals surface area contributed by atoms with Gasteiger partial charge in [-0.3, -0.25) is 9.59 Å². The maximum absolute atomic E-state index is 12.8. The first-order valence-corrected chi connectivity index (χ1v) is 7.27. The highest BCUT2D eigenvalue weighted by Crippen LogP contribution is 2.58. The fourth-order valence-corrected chi connectivity index (χ4v) is 3.40. The molecule has 3 rings (SSSR count). The van der Waals surface area contributed by atoms with Crippen LogP contribution in [0.1, 0.15) is 44.8 Å². The first-order valence-electron chi connectivity index (χ1n) is 6.89. The molecule has 0 radical (unpaired) electrons. The van der Waals surface area contributed by atoms with Crippen LogP contribution in [0.25, 0.3) is 0 Å². The van der Waals surface area contributed by atoms with E-state index >= 15 is 0 Å². The number of ketones is 1. The van der Waals surface area contributed by atoms with E-state index in [4.69, 9.17) is 16.3 Å². The summed E-state index contributed by atoms with van der Waals surface area (Å²) in [5, 5.41) is 0.630. The summed E-state index contributed by atoms with van der Waals surface area (Å²) in [5.74, 6) is -0.410. The van der Waals surface area contributed by atoms with Crippen LogP contribution in [-0.4, -0.2) is 11.8 Å². The number of ether oxygens (including phenoxy) is 1. The van der Waals surface area contributed by atoms with Gasteiger partial charge in [0.05, 0.1) is 5.41 Å². The van der Waals surface area contributed by atoms with E-state index in [1.807, 2.05) is 12.1 Å². The van der Waals surface area contributed by atoms with Gasteiger partial charge in [-0.2, -0.15) is 0 Å². The fraction of sp³-hybridized carbons (Fsp3) is 0.500. The highest BCUT2D eigenvalue weighted by atomic mass is 35.5. The summed E-state index contributed by atoms with van der Waals surface area (Å²) in [6.45, 7) is 3.33. The van der Waals surface area contributed by atoms with Gasteiger partial charge in [0.15, 0.2) is 5.78 Å². The van der Waals surface area contributed by atoms with Crippen LogP contribution < -0.4 is 0 Å². The second kappa shape index (κ2) is 4.32. The Bertz CT molecular complexity index is 570.